The Hall–Kier alpha value is -2.43. The number of amides is 1. The summed E-state index contributed by atoms with van der Waals surface area (Å²) in [4.78, 5) is 15.8. The molecule has 4 nitrogen and oxygen atoms in total. The molecule has 2 aromatic rings. The number of carbonyl (C=O) groups is 1. The lowest BCUT2D eigenvalue weighted by atomic mass is 9.96. The first-order chi connectivity index (χ1) is 10.5. The predicted molar refractivity (Wildman–Crippen MR) is 80.6 cm³/mol. The Morgan fingerprint density at radius 1 is 1.41 bits per heavy atom. The van der Waals surface area contributed by atoms with Gasteiger partial charge in [0.15, 0.2) is 0 Å². The number of hydrogen-bond donors (Lipinski definition) is 1. The minimum absolute atomic E-state index is 0.0141. The van der Waals surface area contributed by atoms with Crippen molar-refractivity contribution in [3.63, 3.8) is 0 Å². The van der Waals surface area contributed by atoms with Crippen LogP contribution in [0.25, 0.3) is 0 Å². The molecule has 0 saturated carbocycles. The normalized spacial score (nSPS) is 16.4. The summed E-state index contributed by atoms with van der Waals surface area (Å²) in [5, 5.41) is 0. The van der Waals surface area contributed by atoms with E-state index in [9.17, 15) is 9.18 Å². The zero-order valence-corrected chi connectivity index (χ0v) is 12.5. The number of benzene rings is 1. The lowest BCUT2D eigenvalue weighted by molar-refractivity contribution is 0.0999. The maximum absolute atomic E-state index is 14.1. The van der Waals surface area contributed by atoms with E-state index in [-0.39, 0.29) is 11.7 Å². The van der Waals surface area contributed by atoms with Crippen LogP contribution in [-0.4, -0.2) is 18.0 Å². The lowest BCUT2D eigenvalue weighted by Gasteiger charge is -2.14. The van der Waals surface area contributed by atoms with Gasteiger partial charge in [-0.15, -0.1) is 0 Å². The molecule has 1 heterocycles. The Morgan fingerprint density at radius 3 is 2.82 bits per heavy atom. The van der Waals surface area contributed by atoms with Gasteiger partial charge in [-0.05, 0) is 49.1 Å². The SMILES string of the molecule is COc1cc(F)c2c(c1)[C@H](c1ccc(C(N)=O)c(C)n1)CC2. The average Bonchev–Trinajstić information content (AvgIpc) is 2.91. The smallest absolute Gasteiger partial charge is 0.250 e. The summed E-state index contributed by atoms with van der Waals surface area (Å²) < 4.78 is 19.3. The molecule has 1 aromatic carbocycles. The number of primary amides is 1. The van der Waals surface area contributed by atoms with Crippen LogP contribution < -0.4 is 10.5 Å². The molecule has 0 aliphatic heterocycles. The Balaban J connectivity index is 2.05. The Bertz CT molecular complexity index is 759. The number of carbonyl (C=O) groups excluding carboxylic acids is 1. The van der Waals surface area contributed by atoms with Gasteiger partial charge in [0, 0.05) is 17.7 Å². The quantitative estimate of drug-likeness (QED) is 0.948. The van der Waals surface area contributed by atoms with Gasteiger partial charge in [0.25, 0.3) is 5.91 Å². The number of nitrogens with zero attached hydrogens (tertiary/aromatic N) is 1. The highest BCUT2D eigenvalue weighted by molar-refractivity contribution is 5.93. The molecule has 1 atom stereocenters. The number of nitrogens with two attached hydrogens (primary N) is 1. The first-order valence-electron chi connectivity index (χ1n) is 7.15. The fraction of sp³-hybridized carbons (Fsp3) is 0.294. The van der Waals surface area contributed by atoms with Crippen molar-refractivity contribution in [3.8, 4) is 5.75 Å². The molecule has 3 rings (SSSR count). The summed E-state index contributed by atoms with van der Waals surface area (Å²) in [6.45, 7) is 1.76. The molecule has 1 aliphatic carbocycles. The third kappa shape index (κ3) is 2.32. The van der Waals surface area contributed by atoms with Crippen LogP contribution in [0.2, 0.25) is 0 Å². The van der Waals surface area contributed by atoms with Crippen LogP contribution in [0, 0.1) is 12.7 Å². The number of hydrogen-bond acceptors (Lipinski definition) is 3. The highest BCUT2D eigenvalue weighted by Crippen LogP contribution is 2.40. The summed E-state index contributed by atoms with van der Waals surface area (Å²) in [6.07, 6.45) is 1.47. The van der Waals surface area contributed by atoms with Gasteiger partial charge in [-0.2, -0.15) is 0 Å². The molecule has 1 aliphatic rings. The van der Waals surface area contributed by atoms with Crippen LogP contribution in [-0.2, 0) is 6.42 Å². The number of halogens is 1. The molecule has 22 heavy (non-hydrogen) atoms. The highest BCUT2D eigenvalue weighted by Gasteiger charge is 2.28. The Labute approximate surface area is 128 Å². The summed E-state index contributed by atoms with van der Waals surface area (Å²) in [7, 11) is 1.52. The molecule has 0 radical (unpaired) electrons. The maximum atomic E-state index is 14.1. The van der Waals surface area contributed by atoms with Crippen LogP contribution in [0.5, 0.6) is 5.75 Å². The van der Waals surface area contributed by atoms with Crippen LogP contribution in [0.1, 0.15) is 45.2 Å². The summed E-state index contributed by atoms with van der Waals surface area (Å²) >= 11 is 0. The van der Waals surface area contributed by atoms with Crippen LogP contribution in [0.3, 0.4) is 0 Å². The van der Waals surface area contributed by atoms with Crippen molar-refractivity contribution < 1.29 is 13.9 Å². The third-order valence-corrected chi connectivity index (χ3v) is 4.23. The average molecular weight is 300 g/mol. The number of pyridine rings is 1. The summed E-state index contributed by atoms with van der Waals surface area (Å²) in [5.41, 5.74) is 8.79. The lowest BCUT2D eigenvalue weighted by Crippen LogP contribution is -2.14. The maximum Gasteiger partial charge on any atom is 0.250 e. The molecule has 1 amide bonds. The van der Waals surface area contributed by atoms with Gasteiger partial charge in [-0.1, -0.05) is 0 Å². The van der Waals surface area contributed by atoms with E-state index in [2.05, 4.69) is 4.98 Å². The molecule has 2 N–H and O–H groups in total. The van der Waals surface area contributed by atoms with Crippen molar-refractivity contribution in [2.24, 2.45) is 5.73 Å². The van der Waals surface area contributed by atoms with Gasteiger partial charge in [0.05, 0.1) is 18.4 Å². The van der Waals surface area contributed by atoms with Crippen LogP contribution >= 0.6 is 0 Å². The number of fused-ring (bicyclic) bond motifs is 1. The first-order valence-corrected chi connectivity index (χ1v) is 7.15. The van der Waals surface area contributed by atoms with Gasteiger partial charge in [-0.25, -0.2) is 4.39 Å². The van der Waals surface area contributed by atoms with Crippen molar-refractivity contribution in [3.05, 3.63) is 58.2 Å². The van der Waals surface area contributed by atoms with Crippen LogP contribution in [0.4, 0.5) is 4.39 Å². The Morgan fingerprint density at radius 2 is 2.18 bits per heavy atom. The van der Waals surface area contributed by atoms with E-state index in [1.54, 1.807) is 19.1 Å². The molecular weight excluding hydrogens is 283 g/mol. The largest absolute Gasteiger partial charge is 0.497 e. The fourth-order valence-corrected chi connectivity index (χ4v) is 3.11. The zero-order valence-electron chi connectivity index (χ0n) is 12.5. The van der Waals surface area contributed by atoms with Crippen molar-refractivity contribution in [1.29, 1.82) is 0 Å². The minimum Gasteiger partial charge on any atom is -0.497 e. The van der Waals surface area contributed by atoms with E-state index in [1.807, 2.05) is 6.07 Å². The van der Waals surface area contributed by atoms with E-state index in [1.165, 1.54) is 13.2 Å². The van der Waals surface area contributed by atoms with Gasteiger partial charge >= 0.3 is 0 Å². The predicted octanol–water partition coefficient (Wildman–Crippen LogP) is 2.71. The monoisotopic (exact) mass is 300 g/mol. The van der Waals surface area contributed by atoms with E-state index < -0.39 is 5.91 Å². The fourth-order valence-electron chi connectivity index (χ4n) is 3.11. The van der Waals surface area contributed by atoms with Crippen molar-refractivity contribution >= 4 is 5.91 Å². The molecule has 0 bridgehead atoms. The highest BCUT2D eigenvalue weighted by atomic mass is 19.1. The minimum atomic E-state index is -0.490. The second kappa shape index (κ2) is 5.40. The number of aromatic nitrogens is 1. The molecule has 0 spiro atoms. The van der Waals surface area contributed by atoms with E-state index >= 15 is 0 Å². The molecule has 0 unspecified atom stereocenters. The molecular formula is C17H17FN2O2. The summed E-state index contributed by atoms with van der Waals surface area (Å²) in [5.74, 6) is -0.202. The van der Waals surface area contributed by atoms with Crippen LogP contribution in [0.15, 0.2) is 24.3 Å². The Kier molecular flexibility index (Phi) is 3.56. The first kappa shape index (κ1) is 14.5. The zero-order chi connectivity index (χ0) is 15.9. The van der Waals surface area contributed by atoms with Gasteiger partial charge in [0.1, 0.15) is 11.6 Å². The molecule has 0 fully saturated rings. The van der Waals surface area contributed by atoms with Crippen molar-refractivity contribution in [2.45, 2.75) is 25.7 Å². The second-order valence-electron chi connectivity index (χ2n) is 5.50. The number of aryl methyl sites for hydroxylation is 1. The summed E-state index contributed by atoms with van der Waals surface area (Å²) in [6, 6.07) is 6.77. The van der Waals surface area contributed by atoms with Crippen molar-refractivity contribution in [1.82, 2.24) is 4.98 Å². The third-order valence-electron chi connectivity index (χ3n) is 4.23. The van der Waals surface area contributed by atoms with E-state index in [0.717, 1.165) is 23.2 Å². The standard InChI is InChI=1S/C17H17FN2O2/c1-9-11(17(19)21)5-6-16(20-9)13-4-3-12-14(13)7-10(22-2)8-15(12)18/h5-8,13H,3-4H2,1-2H3,(H2,19,21)/t13-/m1/s1. The molecule has 5 heteroatoms. The van der Waals surface area contributed by atoms with Gasteiger partial charge in [-0.3, -0.25) is 9.78 Å². The second-order valence-corrected chi connectivity index (χ2v) is 5.50. The van der Waals surface area contributed by atoms with Gasteiger partial charge < -0.3 is 10.5 Å². The molecule has 114 valence electrons. The molecule has 0 saturated heterocycles. The molecule has 1 aromatic heterocycles. The van der Waals surface area contributed by atoms with E-state index in [4.69, 9.17) is 10.5 Å². The number of rotatable bonds is 3. The number of ether oxygens (including phenoxy) is 1. The van der Waals surface area contributed by atoms with E-state index in [0.29, 0.717) is 23.4 Å². The van der Waals surface area contributed by atoms with Gasteiger partial charge in [0.2, 0.25) is 0 Å². The number of methoxy groups -OCH3 is 1. The topological polar surface area (TPSA) is 65.2 Å². The van der Waals surface area contributed by atoms with Crippen molar-refractivity contribution in [2.75, 3.05) is 7.11 Å².